The first-order valence-corrected chi connectivity index (χ1v) is 9.05. The molecule has 1 aromatic carbocycles. The largest absolute Gasteiger partial charge is 0.393 e. The molecule has 0 bridgehead atoms. The number of imidazole rings is 1. The maximum Gasteiger partial charge on any atom is 0.180 e. The zero-order valence-electron chi connectivity index (χ0n) is 15.2. The average molecular weight is 352 g/mol. The molecule has 2 aromatic heterocycles. The number of anilines is 1. The highest BCUT2D eigenvalue weighted by atomic mass is 16.5. The quantitative estimate of drug-likeness (QED) is 0.782. The van der Waals surface area contributed by atoms with Crippen LogP contribution in [0.25, 0.3) is 16.9 Å². The Hall–Kier alpha value is -2.44. The molecule has 1 N–H and O–H groups in total. The van der Waals surface area contributed by atoms with Crippen LogP contribution in [0.3, 0.4) is 0 Å². The molecule has 3 heterocycles. The second kappa shape index (κ2) is 7.05. The van der Waals surface area contributed by atoms with E-state index < -0.39 is 0 Å². The van der Waals surface area contributed by atoms with Gasteiger partial charge in [-0.1, -0.05) is 18.2 Å². The van der Waals surface area contributed by atoms with E-state index in [2.05, 4.69) is 37.5 Å². The van der Waals surface area contributed by atoms with Gasteiger partial charge < -0.3 is 14.7 Å². The van der Waals surface area contributed by atoms with Gasteiger partial charge in [-0.3, -0.25) is 4.40 Å². The first-order valence-electron chi connectivity index (χ1n) is 9.05. The maximum absolute atomic E-state index is 9.75. The monoisotopic (exact) mass is 352 g/mol. The standard InChI is InChI=1S/C20H24N4O2/c1-14(26-2)15-4-3-5-16(12-15)18-13-22-20-19(21-8-11-24(18)20)23-9-6-17(25)7-10-23/h3-5,8,11-14,17,25H,6-7,9-10H2,1-2H3. The fourth-order valence-electron chi connectivity index (χ4n) is 3.51. The fourth-order valence-corrected chi connectivity index (χ4v) is 3.51. The first kappa shape index (κ1) is 17.0. The lowest BCUT2D eigenvalue weighted by Gasteiger charge is -2.30. The van der Waals surface area contributed by atoms with Gasteiger partial charge in [0.1, 0.15) is 0 Å². The van der Waals surface area contributed by atoms with Crippen molar-refractivity contribution in [3.05, 3.63) is 48.4 Å². The number of fused-ring (bicyclic) bond motifs is 1. The minimum atomic E-state index is -0.202. The van der Waals surface area contributed by atoms with E-state index in [9.17, 15) is 5.11 Å². The van der Waals surface area contributed by atoms with E-state index in [1.54, 1.807) is 7.11 Å². The molecule has 3 aromatic rings. The molecule has 4 rings (SSSR count). The highest BCUT2D eigenvalue weighted by molar-refractivity contribution is 5.71. The number of aliphatic hydroxyl groups excluding tert-OH is 1. The lowest BCUT2D eigenvalue weighted by atomic mass is 10.1. The number of methoxy groups -OCH3 is 1. The van der Waals surface area contributed by atoms with Gasteiger partial charge >= 0.3 is 0 Å². The Morgan fingerprint density at radius 3 is 2.81 bits per heavy atom. The number of piperidine rings is 1. The molecule has 6 nitrogen and oxygen atoms in total. The zero-order valence-corrected chi connectivity index (χ0v) is 15.2. The van der Waals surface area contributed by atoms with E-state index in [0.717, 1.165) is 54.2 Å². The van der Waals surface area contributed by atoms with Crippen molar-refractivity contribution in [3.63, 3.8) is 0 Å². The second-order valence-corrected chi connectivity index (χ2v) is 6.81. The number of benzene rings is 1. The third kappa shape index (κ3) is 3.06. The molecule has 6 heteroatoms. The third-order valence-corrected chi connectivity index (χ3v) is 5.18. The van der Waals surface area contributed by atoms with E-state index in [1.807, 2.05) is 31.6 Å². The summed E-state index contributed by atoms with van der Waals surface area (Å²) in [5, 5.41) is 9.75. The third-order valence-electron chi connectivity index (χ3n) is 5.18. The van der Waals surface area contributed by atoms with Crippen LogP contribution >= 0.6 is 0 Å². The molecule has 1 saturated heterocycles. The molecule has 1 fully saturated rings. The van der Waals surface area contributed by atoms with E-state index in [-0.39, 0.29) is 12.2 Å². The van der Waals surface area contributed by atoms with Crippen LogP contribution in [0.2, 0.25) is 0 Å². The molecule has 0 aliphatic carbocycles. The predicted octanol–water partition coefficient (Wildman–Crippen LogP) is 3.06. The summed E-state index contributed by atoms with van der Waals surface area (Å²) in [6.07, 6.45) is 7.06. The molecular formula is C20H24N4O2. The van der Waals surface area contributed by atoms with Gasteiger partial charge in [-0.15, -0.1) is 0 Å². The van der Waals surface area contributed by atoms with Crippen LogP contribution in [0.1, 0.15) is 31.4 Å². The van der Waals surface area contributed by atoms with E-state index >= 15 is 0 Å². The summed E-state index contributed by atoms with van der Waals surface area (Å²) >= 11 is 0. The van der Waals surface area contributed by atoms with Crippen LogP contribution in [0.5, 0.6) is 0 Å². The summed E-state index contributed by atoms with van der Waals surface area (Å²) in [5.41, 5.74) is 4.12. The molecule has 0 radical (unpaired) electrons. The van der Waals surface area contributed by atoms with Gasteiger partial charge in [0, 0.05) is 38.2 Å². The van der Waals surface area contributed by atoms with Crippen LogP contribution in [-0.2, 0) is 4.74 Å². The van der Waals surface area contributed by atoms with Crippen LogP contribution in [0.4, 0.5) is 5.82 Å². The summed E-state index contributed by atoms with van der Waals surface area (Å²) in [7, 11) is 1.72. The van der Waals surface area contributed by atoms with Gasteiger partial charge in [0.2, 0.25) is 0 Å². The Kier molecular flexibility index (Phi) is 4.61. The number of ether oxygens (including phenoxy) is 1. The zero-order chi connectivity index (χ0) is 18.1. The van der Waals surface area contributed by atoms with Crippen LogP contribution in [-0.4, -0.2) is 45.8 Å². The lowest BCUT2D eigenvalue weighted by molar-refractivity contribution is 0.119. The highest BCUT2D eigenvalue weighted by Crippen LogP contribution is 2.28. The van der Waals surface area contributed by atoms with Crippen molar-refractivity contribution in [2.24, 2.45) is 0 Å². The van der Waals surface area contributed by atoms with Crippen molar-refractivity contribution >= 4 is 11.5 Å². The predicted molar refractivity (Wildman–Crippen MR) is 101 cm³/mol. The molecule has 1 atom stereocenters. The van der Waals surface area contributed by atoms with Crippen LogP contribution in [0, 0.1) is 0 Å². The van der Waals surface area contributed by atoms with Gasteiger partial charge in [-0.25, -0.2) is 9.97 Å². The number of hydrogen-bond acceptors (Lipinski definition) is 5. The Morgan fingerprint density at radius 2 is 2.04 bits per heavy atom. The molecule has 1 unspecified atom stereocenters. The molecular weight excluding hydrogens is 328 g/mol. The Labute approximate surface area is 153 Å². The van der Waals surface area contributed by atoms with E-state index in [0.29, 0.717) is 0 Å². The molecule has 136 valence electrons. The van der Waals surface area contributed by atoms with Crippen molar-refractivity contribution in [1.29, 1.82) is 0 Å². The van der Waals surface area contributed by atoms with Crippen molar-refractivity contribution in [2.75, 3.05) is 25.1 Å². The summed E-state index contributed by atoms with van der Waals surface area (Å²) in [5.74, 6) is 0.882. The average Bonchev–Trinajstić information content (AvgIpc) is 3.12. The number of nitrogens with zero attached hydrogens (tertiary/aromatic N) is 4. The van der Waals surface area contributed by atoms with E-state index in [1.165, 1.54) is 0 Å². The Balaban J connectivity index is 1.73. The molecule has 0 amide bonds. The van der Waals surface area contributed by atoms with Crippen LogP contribution < -0.4 is 4.90 Å². The first-order chi connectivity index (χ1) is 12.7. The summed E-state index contributed by atoms with van der Waals surface area (Å²) in [6.45, 7) is 3.65. The van der Waals surface area contributed by atoms with E-state index in [4.69, 9.17) is 4.74 Å². The SMILES string of the molecule is COC(C)c1cccc(-c2cnc3c(N4CCC(O)CC4)nccn23)c1. The highest BCUT2D eigenvalue weighted by Gasteiger charge is 2.21. The maximum atomic E-state index is 9.75. The molecule has 0 saturated carbocycles. The topological polar surface area (TPSA) is 62.9 Å². The molecule has 26 heavy (non-hydrogen) atoms. The molecule has 1 aliphatic heterocycles. The number of aliphatic hydroxyl groups is 1. The second-order valence-electron chi connectivity index (χ2n) is 6.81. The van der Waals surface area contributed by atoms with Crippen molar-refractivity contribution in [2.45, 2.75) is 32.0 Å². The minimum absolute atomic E-state index is 0.0474. The van der Waals surface area contributed by atoms with Gasteiger partial charge in [0.15, 0.2) is 11.5 Å². The summed E-state index contributed by atoms with van der Waals surface area (Å²) in [6, 6.07) is 8.36. The van der Waals surface area contributed by atoms with Crippen molar-refractivity contribution in [1.82, 2.24) is 14.4 Å². The van der Waals surface area contributed by atoms with Crippen molar-refractivity contribution in [3.8, 4) is 11.3 Å². The number of rotatable bonds is 4. The number of hydrogen-bond donors (Lipinski definition) is 1. The Morgan fingerprint density at radius 1 is 1.23 bits per heavy atom. The lowest BCUT2D eigenvalue weighted by Crippen LogP contribution is -2.36. The fraction of sp³-hybridized carbons (Fsp3) is 0.400. The van der Waals surface area contributed by atoms with Gasteiger partial charge in [-0.05, 0) is 31.4 Å². The van der Waals surface area contributed by atoms with Gasteiger partial charge in [0.25, 0.3) is 0 Å². The van der Waals surface area contributed by atoms with Crippen molar-refractivity contribution < 1.29 is 9.84 Å². The Bertz CT molecular complexity index is 900. The van der Waals surface area contributed by atoms with Gasteiger partial charge in [0.05, 0.1) is 24.1 Å². The smallest absolute Gasteiger partial charge is 0.180 e. The summed E-state index contributed by atoms with van der Waals surface area (Å²) < 4.78 is 7.53. The number of aromatic nitrogens is 3. The normalized spacial score (nSPS) is 17.0. The minimum Gasteiger partial charge on any atom is -0.393 e. The van der Waals surface area contributed by atoms with Crippen LogP contribution in [0.15, 0.2) is 42.9 Å². The molecule has 0 spiro atoms. The summed E-state index contributed by atoms with van der Waals surface area (Å²) in [4.78, 5) is 11.4. The van der Waals surface area contributed by atoms with Gasteiger partial charge in [-0.2, -0.15) is 0 Å². The molecule has 1 aliphatic rings.